The van der Waals surface area contributed by atoms with Crippen LogP contribution in [0.15, 0.2) is 0 Å². The zero-order chi connectivity index (χ0) is 4.50. The van der Waals surface area contributed by atoms with Gasteiger partial charge >= 0.3 is 0 Å². The summed E-state index contributed by atoms with van der Waals surface area (Å²) in [6.07, 6.45) is 0. The molecule has 5 heavy (non-hydrogen) atoms. The Morgan fingerprint density at radius 1 is 2.00 bits per heavy atom. The first-order valence-electron chi connectivity index (χ1n) is 1.27. The average Bonchev–Trinajstić information content (AvgIpc) is 0.722. The molecule has 0 aliphatic carbocycles. The Bertz CT molecular complexity index is 22.4. The van der Waals surface area contributed by atoms with E-state index in [1.54, 1.807) is 0 Å². The van der Waals surface area contributed by atoms with Gasteiger partial charge in [0.05, 0.1) is 0 Å². The van der Waals surface area contributed by atoms with Gasteiger partial charge in [0.25, 0.3) is 0 Å². The topological polar surface area (TPSA) is 20.2 Å². The third-order valence-corrected chi connectivity index (χ3v) is 0. The van der Waals surface area contributed by atoms with Crippen molar-refractivity contribution in [2.45, 2.75) is 12.8 Å². The zero-order valence-corrected chi connectivity index (χ0v) is 3.03. The van der Waals surface area contributed by atoms with E-state index in [0.29, 0.717) is 0 Å². The van der Waals surface area contributed by atoms with Crippen molar-refractivity contribution in [3.05, 3.63) is 6.92 Å². The predicted octanol–water partition coefficient (Wildman–Crippen LogP) is 0.498. The Morgan fingerprint density at radius 2 is 2.00 bits per heavy atom. The fourth-order valence-electron chi connectivity index (χ4n) is 0. The van der Waals surface area contributed by atoms with Crippen LogP contribution >= 0.6 is 0 Å². The van der Waals surface area contributed by atoms with Crippen molar-refractivity contribution in [3.8, 4) is 0 Å². The highest BCUT2D eigenvalue weighted by Crippen LogP contribution is 1.97. The second kappa shape index (κ2) is 0.937. The van der Waals surface area contributed by atoms with E-state index in [2.05, 4.69) is 6.92 Å². The van der Waals surface area contributed by atoms with Gasteiger partial charge in [0.2, 0.25) is 5.85 Å². The van der Waals surface area contributed by atoms with Gasteiger partial charge in [-0.25, -0.2) is 4.39 Å². The predicted molar refractivity (Wildman–Crippen MR) is 17.1 cm³/mol. The molecule has 0 saturated heterocycles. The molecule has 0 aromatic carbocycles. The van der Waals surface area contributed by atoms with Crippen molar-refractivity contribution in [1.29, 1.82) is 0 Å². The summed E-state index contributed by atoms with van der Waals surface area (Å²) < 4.78 is 11.1. The molecule has 1 N–H and O–H groups in total. The SMILES string of the molecule is [CH2]C(C)(O)F. The number of aliphatic hydroxyl groups is 1. The Labute approximate surface area is 30.4 Å². The first kappa shape index (κ1) is 4.89. The number of halogens is 1. The highest BCUT2D eigenvalue weighted by atomic mass is 19.2. The molecule has 0 aromatic rings. The molecule has 1 radical (unpaired) electrons. The van der Waals surface area contributed by atoms with Crippen LogP contribution in [0.25, 0.3) is 0 Å². The van der Waals surface area contributed by atoms with Crippen molar-refractivity contribution < 1.29 is 9.50 Å². The molecule has 1 atom stereocenters. The molecule has 0 spiro atoms. The molecule has 2 heteroatoms. The van der Waals surface area contributed by atoms with Crippen molar-refractivity contribution in [2.75, 3.05) is 0 Å². The van der Waals surface area contributed by atoms with Gasteiger partial charge in [-0.2, -0.15) is 0 Å². The highest BCUT2D eigenvalue weighted by Gasteiger charge is 2.04. The minimum absolute atomic E-state index is 0.965. The lowest BCUT2D eigenvalue weighted by atomic mass is 10.4. The summed E-state index contributed by atoms with van der Waals surface area (Å²) in [5.41, 5.74) is 0. The molecule has 0 heterocycles. The standard InChI is InChI=1S/C3H6FO/c1-3(2,4)5/h5H,1H2,2H3. The molecule has 0 fully saturated rings. The number of hydrogen-bond acceptors (Lipinski definition) is 1. The van der Waals surface area contributed by atoms with E-state index < -0.39 is 5.85 Å². The Balaban J connectivity index is 3.02. The van der Waals surface area contributed by atoms with Crippen LogP contribution in [0.2, 0.25) is 0 Å². The van der Waals surface area contributed by atoms with Crippen LogP contribution in [0.3, 0.4) is 0 Å². The first-order valence-corrected chi connectivity index (χ1v) is 1.27. The van der Waals surface area contributed by atoms with Gasteiger partial charge in [-0.1, -0.05) is 0 Å². The quantitative estimate of drug-likeness (QED) is 0.446. The normalized spacial score (nSPS) is 12.0. The van der Waals surface area contributed by atoms with Gasteiger partial charge in [0.1, 0.15) is 0 Å². The van der Waals surface area contributed by atoms with Crippen molar-refractivity contribution in [2.24, 2.45) is 0 Å². The van der Waals surface area contributed by atoms with Gasteiger partial charge in [0, 0.05) is 6.92 Å². The molecule has 31 valence electrons. The molecular weight excluding hydrogens is 71.0 g/mol. The number of hydrogen-bond donors (Lipinski definition) is 1. The fraction of sp³-hybridized carbons (Fsp3) is 0.667. The second-order valence-corrected chi connectivity index (χ2v) is 1.14. The van der Waals surface area contributed by atoms with E-state index >= 15 is 0 Å². The van der Waals surface area contributed by atoms with Crippen LogP contribution in [0.1, 0.15) is 6.92 Å². The summed E-state index contributed by atoms with van der Waals surface area (Å²) in [6.45, 7) is 3.62. The third-order valence-electron chi connectivity index (χ3n) is 0. The van der Waals surface area contributed by atoms with E-state index in [1.807, 2.05) is 0 Å². The van der Waals surface area contributed by atoms with Crippen LogP contribution in [0, 0.1) is 6.92 Å². The van der Waals surface area contributed by atoms with Crippen molar-refractivity contribution >= 4 is 0 Å². The Hall–Kier alpha value is -0.110. The molecular formula is C3H6FO. The summed E-state index contributed by atoms with van der Waals surface area (Å²) in [4.78, 5) is 0. The summed E-state index contributed by atoms with van der Waals surface area (Å²) >= 11 is 0. The van der Waals surface area contributed by atoms with Gasteiger partial charge in [-0.3, -0.25) is 0 Å². The summed E-state index contributed by atoms with van der Waals surface area (Å²) in [5, 5.41) is 7.74. The minimum atomic E-state index is -2.25. The molecule has 1 nitrogen and oxygen atoms in total. The van der Waals surface area contributed by atoms with Gasteiger partial charge in [-0.05, 0) is 6.92 Å². The average molecular weight is 77.1 g/mol. The van der Waals surface area contributed by atoms with Crippen LogP contribution in [-0.2, 0) is 0 Å². The molecule has 0 saturated carbocycles. The lowest BCUT2D eigenvalue weighted by molar-refractivity contribution is -0.0253. The van der Waals surface area contributed by atoms with Gasteiger partial charge in [-0.15, -0.1) is 0 Å². The lowest BCUT2D eigenvalue weighted by Crippen LogP contribution is -2.08. The second-order valence-electron chi connectivity index (χ2n) is 1.14. The van der Waals surface area contributed by atoms with Crippen LogP contribution < -0.4 is 0 Å². The van der Waals surface area contributed by atoms with E-state index in [9.17, 15) is 4.39 Å². The summed E-state index contributed by atoms with van der Waals surface area (Å²) in [5.74, 6) is -2.25. The lowest BCUT2D eigenvalue weighted by Gasteiger charge is -1.98. The maximum atomic E-state index is 11.1. The number of rotatable bonds is 0. The number of alkyl halides is 1. The van der Waals surface area contributed by atoms with E-state index in [1.165, 1.54) is 0 Å². The van der Waals surface area contributed by atoms with E-state index in [4.69, 9.17) is 5.11 Å². The van der Waals surface area contributed by atoms with Gasteiger partial charge < -0.3 is 5.11 Å². The maximum Gasteiger partial charge on any atom is 0.204 e. The Kier molecular flexibility index (Phi) is 0.916. The molecule has 0 bridgehead atoms. The molecule has 0 aliphatic heterocycles. The molecule has 0 aromatic heterocycles. The summed E-state index contributed by atoms with van der Waals surface area (Å²) in [6, 6.07) is 0. The van der Waals surface area contributed by atoms with Crippen molar-refractivity contribution in [1.82, 2.24) is 0 Å². The largest absolute Gasteiger partial charge is 0.362 e. The monoisotopic (exact) mass is 77.0 g/mol. The Morgan fingerprint density at radius 3 is 2.00 bits per heavy atom. The van der Waals surface area contributed by atoms with E-state index in [-0.39, 0.29) is 0 Å². The van der Waals surface area contributed by atoms with Crippen LogP contribution in [0.4, 0.5) is 4.39 Å². The van der Waals surface area contributed by atoms with Crippen LogP contribution in [0.5, 0.6) is 0 Å². The molecule has 0 rings (SSSR count). The highest BCUT2D eigenvalue weighted by molar-refractivity contribution is 4.55. The fourth-order valence-corrected chi connectivity index (χ4v) is 0. The maximum absolute atomic E-state index is 11.1. The first-order chi connectivity index (χ1) is 2.00. The van der Waals surface area contributed by atoms with E-state index in [0.717, 1.165) is 6.92 Å². The smallest absolute Gasteiger partial charge is 0.204 e. The summed E-state index contributed by atoms with van der Waals surface area (Å²) in [7, 11) is 0. The third kappa shape index (κ3) is 1150. The zero-order valence-electron chi connectivity index (χ0n) is 3.03. The van der Waals surface area contributed by atoms with Gasteiger partial charge in [0.15, 0.2) is 0 Å². The molecule has 0 amide bonds. The minimum Gasteiger partial charge on any atom is -0.362 e. The van der Waals surface area contributed by atoms with Crippen LogP contribution in [-0.4, -0.2) is 11.0 Å². The van der Waals surface area contributed by atoms with Crippen molar-refractivity contribution in [3.63, 3.8) is 0 Å². The molecule has 1 unspecified atom stereocenters. The molecule has 0 aliphatic rings.